The van der Waals surface area contributed by atoms with Crippen molar-refractivity contribution in [2.45, 2.75) is 19.6 Å². The summed E-state index contributed by atoms with van der Waals surface area (Å²) in [6.45, 7) is 3.58. The van der Waals surface area contributed by atoms with Crippen molar-refractivity contribution in [2.75, 3.05) is 20.3 Å². The number of aryl methyl sites for hydroxylation is 1. The zero-order valence-corrected chi connectivity index (χ0v) is 10.4. The molecule has 2 N–H and O–H groups in total. The number of hydrogen-bond acceptors (Lipinski definition) is 3. The Balaban J connectivity index is 2.34. The van der Waals surface area contributed by atoms with Crippen LogP contribution in [0.1, 0.15) is 11.1 Å². The molecule has 90 valence electrons. The number of aliphatic hydroxyl groups is 1. The molecule has 0 spiro atoms. The molecule has 0 saturated carbocycles. The molecule has 0 aliphatic heterocycles. The standard InChI is InChI=1S/C12H18ClNO2/c1-9-5-10(3-4-12(9)13)6-14-7-11(15)8-16-2/h3-5,11,14-15H,6-8H2,1-2H3/t11-/m1/s1. The van der Waals surface area contributed by atoms with E-state index in [-0.39, 0.29) is 0 Å². The van der Waals surface area contributed by atoms with Crippen LogP contribution in [-0.4, -0.2) is 31.5 Å². The molecular weight excluding hydrogens is 226 g/mol. The lowest BCUT2D eigenvalue weighted by Gasteiger charge is -2.11. The Labute approximate surface area is 101 Å². The Morgan fingerprint density at radius 2 is 2.25 bits per heavy atom. The van der Waals surface area contributed by atoms with E-state index in [9.17, 15) is 5.11 Å². The molecule has 0 aromatic heterocycles. The summed E-state index contributed by atoms with van der Waals surface area (Å²) in [5.41, 5.74) is 2.23. The fourth-order valence-electron chi connectivity index (χ4n) is 1.45. The summed E-state index contributed by atoms with van der Waals surface area (Å²) in [6, 6.07) is 5.91. The van der Waals surface area contributed by atoms with Crippen molar-refractivity contribution >= 4 is 11.6 Å². The Morgan fingerprint density at radius 3 is 2.88 bits per heavy atom. The minimum atomic E-state index is -0.460. The zero-order valence-electron chi connectivity index (χ0n) is 9.66. The number of aliphatic hydroxyl groups excluding tert-OH is 1. The third-order valence-corrected chi connectivity index (χ3v) is 2.71. The molecule has 0 bridgehead atoms. The first-order valence-electron chi connectivity index (χ1n) is 5.26. The van der Waals surface area contributed by atoms with Gasteiger partial charge in [-0.3, -0.25) is 0 Å². The van der Waals surface area contributed by atoms with Gasteiger partial charge in [-0.25, -0.2) is 0 Å². The normalized spacial score (nSPS) is 12.8. The van der Waals surface area contributed by atoms with Gasteiger partial charge >= 0.3 is 0 Å². The second-order valence-electron chi connectivity index (χ2n) is 3.82. The fourth-order valence-corrected chi connectivity index (χ4v) is 1.57. The molecule has 1 aromatic carbocycles. The largest absolute Gasteiger partial charge is 0.389 e. The average molecular weight is 244 g/mol. The molecule has 3 nitrogen and oxygen atoms in total. The Bertz CT molecular complexity index is 331. The lowest BCUT2D eigenvalue weighted by molar-refractivity contribution is 0.0644. The van der Waals surface area contributed by atoms with Gasteiger partial charge in [0.1, 0.15) is 0 Å². The Morgan fingerprint density at radius 1 is 1.50 bits per heavy atom. The second kappa shape index (κ2) is 6.86. The van der Waals surface area contributed by atoms with E-state index >= 15 is 0 Å². The molecule has 0 aliphatic rings. The highest BCUT2D eigenvalue weighted by atomic mass is 35.5. The highest BCUT2D eigenvalue weighted by Crippen LogP contribution is 2.15. The van der Waals surface area contributed by atoms with E-state index in [1.165, 1.54) is 0 Å². The van der Waals surface area contributed by atoms with E-state index in [1.54, 1.807) is 7.11 Å². The van der Waals surface area contributed by atoms with Crippen molar-refractivity contribution < 1.29 is 9.84 Å². The van der Waals surface area contributed by atoms with Gasteiger partial charge in [-0.05, 0) is 24.1 Å². The van der Waals surface area contributed by atoms with Gasteiger partial charge in [0.05, 0.1) is 12.7 Å². The van der Waals surface area contributed by atoms with Crippen LogP contribution in [0.2, 0.25) is 5.02 Å². The van der Waals surface area contributed by atoms with E-state index in [0.29, 0.717) is 13.2 Å². The van der Waals surface area contributed by atoms with Crippen LogP contribution in [-0.2, 0) is 11.3 Å². The number of ether oxygens (including phenoxy) is 1. The first-order chi connectivity index (χ1) is 7.63. The number of benzene rings is 1. The number of hydrogen-bond donors (Lipinski definition) is 2. The summed E-state index contributed by atoms with van der Waals surface area (Å²) in [4.78, 5) is 0. The fraction of sp³-hybridized carbons (Fsp3) is 0.500. The van der Waals surface area contributed by atoms with Gasteiger partial charge in [0.2, 0.25) is 0 Å². The van der Waals surface area contributed by atoms with Crippen molar-refractivity contribution in [1.82, 2.24) is 5.32 Å². The molecule has 1 rings (SSSR count). The maximum Gasteiger partial charge on any atom is 0.0897 e. The van der Waals surface area contributed by atoms with E-state index in [2.05, 4.69) is 5.32 Å². The van der Waals surface area contributed by atoms with E-state index in [1.807, 2.05) is 25.1 Å². The van der Waals surface area contributed by atoms with Crippen LogP contribution in [0, 0.1) is 6.92 Å². The Hall–Kier alpha value is -0.610. The van der Waals surface area contributed by atoms with Crippen LogP contribution in [0.15, 0.2) is 18.2 Å². The first kappa shape index (κ1) is 13.5. The smallest absolute Gasteiger partial charge is 0.0897 e. The maximum atomic E-state index is 9.42. The van der Waals surface area contributed by atoms with Gasteiger partial charge < -0.3 is 15.2 Å². The number of methoxy groups -OCH3 is 1. The summed E-state index contributed by atoms with van der Waals surface area (Å²) in [5.74, 6) is 0. The highest BCUT2D eigenvalue weighted by molar-refractivity contribution is 6.31. The quantitative estimate of drug-likeness (QED) is 0.800. The van der Waals surface area contributed by atoms with Crippen LogP contribution in [0.3, 0.4) is 0 Å². The summed E-state index contributed by atoms with van der Waals surface area (Å²) in [7, 11) is 1.58. The molecule has 16 heavy (non-hydrogen) atoms. The lowest BCUT2D eigenvalue weighted by atomic mass is 10.1. The number of nitrogens with one attached hydrogen (secondary N) is 1. The first-order valence-corrected chi connectivity index (χ1v) is 5.64. The maximum absolute atomic E-state index is 9.42. The molecule has 0 unspecified atom stereocenters. The number of halogens is 1. The second-order valence-corrected chi connectivity index (χ2v) is 4.23. The predicted molar refractivity (Wildman–Crippen MR) is 65.8 cm³/mol. The minimum absolute atomic E-state index is 0.354. The summed E-state index contributed by atoms with van der Waals surface area (Å²) < 4.78 is 4.83. The van der Waals surface area contributed by atoms with Gasteiger partial charge in [0.25, 0.3) is 0 Å². The van der Waals surface area contributed by atoms with Crippen LogP contribution < -0.4 is 5.32 Å². The van der Waals surface area contributed by atoms with Crippen LogP contribution in [0.25, 0.3) is 0 Å². The molecule has 1 atom stereocenters. The van der Waals surface area contributed by atoms with Crippen molar-refractivity contribution in [2.24, 2.45) is 0 Å². The molecule has 0 amide bonds. The highest BCUT2D eigenvalue weighted by Gasteiger charge is 2.02. The van der Waals surface area contributed by atoms with Crippen molar-refractivity contribution in [3.05, 3.63) is 34.3 Å². The predicted octanol–water partition coefficient (Wildman–Crippen LogP) is 1.75. The van der Waals surface area contributed by atoms with Crippen LogP contribution in [0.5, 0.6) is 0 Å². The molecule has 4 heteroatoms. The minimum Gasteiger partial charge on any atom is -0.389 e. The van der Waals surface area contributed by atoms with Crippen molar-refractivity contribution in [3.8, 4) is 0 Å². The Kier molecular flexibility index (Phi) is 5.77. The topological polar surface area (TPSA) is 41.5 Å². The van der Waals surface area contributed by atoms with Crippen LogP contribution >= 0.6 is 11.6 Å². The third-order valence-electron chi connectivity index (χ3n) is 2.29. The van der Waals surface area contributed by atoms with Crippen molar-refractivity contribution in [3.63, 3.8) is 0 Å². The van der Waals surface area contributed by atoms with E-state index in [4.69, 9.17) is 16.3 Å². The van der Waals surface area contributed by atoms with Gasteiger partial charge in [-0.1, -0.05) is 23.7 Å². The van der Waals surface area contributed by atoms with Gasteiger partial charge in [0.15, 0.2) is 0 Å². The van der Waals surface area contributed by atoms with E-state index in [0.717, 1.165) is 22.7 Å². The summed E-state index contributed by atoms with van der Waals surface area (Å²) >= 11 is 5.93. The van der Waals surface area contributed by atoms with Gasteiger partial charge in [0, 0.05) is 25.2 Å². The average Bonchev–Trinajstić information content (AvgIpc) is 2.24. The molecular formula is C12H18ClNO2. The lowest BCUT2D eigenvalue weighted by Crippen LogP contribution is -2.29. The monoisotopic (exact) mass is 243 g/mol. The van der Waals surface area contributed by atoms with E-state index < -0.39 is 6.10 Å². The third kappa shape index (κ3) is 4.49. The summed E-state index contributed by atoms with van der Waals surface area (Å²) in [5, 5.41) is 13.4. The number of rotatable bonds is 6. The van der Waals surface area contributed by atoms with Crippen molar-refractivity contribution in [1.29, 1.82) is 0 Å². The molecule has 0 saturated heterocycles. The zero-order chi connectivity index (χ0) is 12.0. The van der Waals surface area contributed by atoms with Crippen LogP contribution in [0.4, 0.5) is 0 Å². The van der Waals surface area contributed by atoms with Gasteiger partial charge in [-0.15, -0.1) is 0 Å². The van der Waals surface area contributed by atoms with Gasteiger partial charge in [-0.2, -0.15) is 0 Å². The molecule has 0 heterocycles. The molecule has 0 radical (unpaired) electrons. The molecule has 0 aliphatic carbocycles. The SMILES string of the molecule is COC[C@H](O)CNCc1ccc(Cl)c(C)c1. The summed E-state index contributed by atoms with van der Waals surface area (Å²) in [6.07, 6.45) is -0.460. The molecule has 1 aromatic rings. The molecule has 0 fully saturated rings.